The van der Waals surface area contributed by atoms with E-state index in [9.17, 15) is 0 Å². The molecule has 0 amide bonds. The molecule has 0 nitrogen and oxygen atoms in total. The van der Waals surface area contributed by atoms with Gasteiger partial charge in [-0.2, -0.15) is 0 Å². The highest BCUT2D eigenvalue weighted by Gasteiger charge is 2.21. The van der Waals surface area contributed by atoms with Crippen LogP contribution in [-0.2, 0) is 6.42 Å². The predicted molar refractivity (Wildman–Crippen MR) is 257 cm³/mol. The summed E-state index contributed by atoms with van der Waals surface area (Å²) < 4.78 is 0. The van der Waals surface area contributed by atoms with E-state index in [1.54, 1.807) is 12.2 Å². The zero-order valence-corrected chi connectivity index (χ0v) is 33.5. The molecule has 0 fully saturated rings. The molecule has 0 aromatic heterocycles. The average molecular weight is 745 g/mol. The zero-order chi connectivity index (χ0) is 40.0. The second-order valence-corrected chi connectivity index (χ2v) is 14.9. The van der Waals surface area contributed by atoms with E-state index in [0.29, 0.717) is 0 Å². The van der Waals surface area contributed by atoms with Crippen LogP contribution in [0.3, 0.4) is 0 Å². The number of rotatable bonds is 6. The number of hydrogen-bond donors (Lipinski definition) is 0. The molecule has 0 atom stereocenters. The fourth-order valence-corrected chi connectivity index (χ4v) is 8.42. The standard InChI is InChI=1S/C48H32.C7H10.C3H6/c1-3-13-33(14-4-1)43-29-45(37-21-19-31-11-7-9-17-35(31)27-37)41-26-24-40-44(34-15-5-2-6-16-34)30-46(42-25-23-39(43)47(41)48(40)42)38-22-20-32-12-8-10-18-36(32)28-38;1-4-6-7(3)5-2;1-3-2/h1-7,9-11,13-30H,8,12H2;4-6H,2-3H2,1H3;3H,1H2,2H3/b;6-4-;. The largest absolute Gasteiger partial charge is 0.103 e. The van der Waals surface area contributed by atoms with E-state index in [0.717, 1.165) is 18.4 Å². The van der Waals surface area contributed by atoms with Crippen molar-refractivity contribution >= 4 is 49.2 Å². The summed E-state index contributed by atoms with van der Waals surface area (Å²) in [6.45, 7) is 14.4. The van der Waals surface area contributed by atoms with Gasteiger partial charge in [0.2, 0.25) is 0 Å². The van der Waals surface area contributed by atoms with Gasteiger partial charge < -0.3 is 0 Å². The molecule has 0 aliphatic heterocycles. The fourth-order valence-electron chi connectivity index (χ4n) is 8.42. The molecule has 9 aromatic carbocycles. The van der Waals surface area contributed by atoms with Crippen LogP contribution in [0.5, 0.6) is 0 Å². The summed E-state index contributed by atoms with van der Waals surface area (Å²) in [4.78, 5) is 0. The number of fused-ring (bicyclic) bond motifs is 2. The molecule has 0 spiro atoms. The van der Waals surface area contributed by atoms with Crippen molar-refractivity contribution in [1.29, 1.82) is 0 Å². The first-order chi connectivity index (χ1) is 28.5. The van der Waals surface area contributed by atoms with E-state index in [1.807, 2.05) is 26.0 Å². The third kappa shape index (κ3) is 7.34. The van der Waals surface area contributed by atoms with E-state index < -0.39 is 0 Å². The van der Waals surface area contributed by atoms with Gasteiger partial charge in [0.25, 0.3) is 0 Å². The number of benzene rings is 9. The van der Waals surface area contributed by atoms with Gasteiger partial charge in [-0.15, -0.1) is 6.58 Å². The molecule has 0 radical (unpaired) electrons. The summed E-state index contributed by atoms with van der Waals surface area (Å²) in [6.07, 6.45) is 14.2. The van der Waals surface area contributed by atoms with Gasteiger partial charge in [0.15, 0.2) is 0 Å². The van der Waals surface area contributed by atoms with Crippen LogP contribution in [0, 0.1) is 0 Å². The maximum atomic E-state index is 3.66. The Morgan fingerprint density at radius 3 is 1.50 bits per heavy atom. The van der Waals surface area contributed by atoms with Crippen molar-refractivity contribution in [2.45, 2.75) is 26.7 Å². The number of aryl methyl sites for hydroxylation is 1. The van der Waals surface area contributed by atoms with Gasteiger partial charge >= 0.3 is 0 Å². The lowest BCUT2D eigenvalue weighted by atomic mass is 9.81. The van der Waals surface area contributed by atoms with Crippen LogP contribution in [0.4, 0.5) is 0 Å². The second kappa shape index (κ2) is 17.0. The maximum absolute atomic E-state index is 3.66. The normalized spacial score (nSPS) is 11.9. The van der Waals surface area contributed by atoms with Crippen molar-refractivity contribution in [3.63, 3.8) is 0 Å². The van der Waals surface area contributed by atoms with Crippen LogP contribution in [0.15, 0.2) is 213 Å². The average Bonchev–Trinajstić information content (AvgIpc) is 3.28. The smallest absolute Gasteiger partial charge is 0.00139 e. The molecule has 0 saturated carbocycles. The summed E-state index contributed by atoms with van der Waals surface area (Å²) in [6, 6.07) is 58.9. The summed E-state index contributed by atoms with van der Waals surface area (Å²) >= 11 is 0. The van der Waals surface area contributed by atoms with E-state index in [4.69, 9.17) is 0 Å². The first-order valence-corrected chi connectivity index (χ1v) is 20.2. The highest BCUT2D eigenvalue weighted by molar-refractivity contribution is 6.32. The Balaban J connectivity index is 0.000000423. The first kappa shape index (κ1) is 37.9. The molecule has 0 saturated heterocycles. The lowest BCUT2D eigenvalue weighted by Gasteiger charge is -2.22. The van der Waals surface area contributed by atoms with Crippen LogP contribution in [0.1, 0.15) is 31.4 Å². The van der Waals surface area contributed by atoms with E-state index in [-0.39, 0.29) is 0 Å². The van der Waals surface area contributed by atoms with Crippen molar-refractivity contribution in [3.05, 3.63) is 225 Å². The van der Waals surface area contributed by atoms with E-state index in [1.165, 1.54) is 98.7 Å². The van der Waals surface area contributed by atoms with Gasteiger partial charge in [-0.1, -0.05) is 183 Å². The Morgan fingerprint density at radius 2 is 0.983 bits per heavy atom. The Labute approximate surface area is 343 Å². The first-order valence-electron chi connectivity index (χ1n) is 20.2. The highest BCUT2D eigenvalue weighted by Crippen LogP contribution is 2.48. The quantitative estimate of drug-likeness (QED) is 0.0903. The van der Waals surface area contributed by atoms with Gasteiger partial charge in [-0.25, -0.2) is 0 Å². The van der Waals surface area contributed by atoms with Gasteiger partial charge in [0, 0.05) is 0 Å². The van der Waals surface area contributed by atoms with Crippen molar-refractivity contribution < 1.29 is 0 Å². The monoisotopic (exact) mass is 744 g/mol. The Morgan fingerprint density at radius 1 is 0.500 bits per heavy atom. The third-order valence-corrected chi connectivity index (χ3v) is 11.1. The van der Waals surface area contributed by atoms with Gasteiger partial charge in [0.05, 0.1) is 0 Å². The lowest BCUT2D eigenvalue weighted by Crippen LogP contribution is -1.96. The summed E-state index contributed by atoms with van der Waals surface area (Å²) in [7, 11) is 0. The third-order valence-electron chi connectivity index (χ3n) is 11.1. The Kier molecular flexibility index (Phi) is 11.1. The molecule has 58 heavy (non-hydrogen) atoms. The van der Waals surface area contributed by atoms with Crippen LogP contribution < -0.4 is 0 Å². The summed E-state index contributed by atoms with van der Waals surface area (Å²) in [5, 5.41) is 10.4. The van der Waals surface area contributed by atoms with Gasteiger partial charge in [-0.3, -0.25) is 0 Å². The fraction of sp³-hybridized carbons (Fsp3) is 0.0690. The molecule has 0 bridgehead atoms. The minimum atomic E-state index is 0.961. The van der Waals surface area contributed by atoms with Gasteiger partial charge in [0.1, 0.15) is 0 Å². The van der Waals surface area contributed by atoms with Gasteiger partial charge in [-0.05, 0) is 155 Å². The molecule has 10 rings (SSSR count). The molecule has 0 unspecified atom stereocenters. The number of hydrogen-bond acceptors (Lipinski definition) is 0. The maximum Gasteiger partial charge on any atom is -0.00139 e. The summed E-state index contributed by atoms with van der Waals surface area (Å²) in [5.74, 6) is 0. The second-order valence-electron chi connectivity index (χ2n) is 14.9. The number of allylic oxidation sites excluding steroid dienone is 6. The summed E-state index contributed by atoms with van der Waals surface area (Å²) in [5.41, 5.74) is 13.8. The SMILES string of the molecule is C1=Cc2cc(-c3cc(-c4ccccc4)c4ccc5c(-c6ccc7ccccc7c6)cc(-c6ccccc6)c6ccc3c4c65)ccc2CC1.C=CC.C=CC(=C)/C=C\C. The molecule has 280 valence electrons. The van der Waals surface area contributed by atoms with Crippen LogP contribution in [0.25, 0.3) is 93.7 Å². The van der Waals surface area contributed by atoms with Crippen molar-refractivity contribution in [3.8, 4) is 44.5 Å². The molecular weight excluding hydrogens is 697 g/mol. The molecule has 1 aliphatic rings. The zero-order valence-electron chi connectivity index (χ0n) is 33.5. The Hall–Kier alpha value is -7.02. The highest BCUT2D eigenvalue weighted by atomic mass is 14.2. The van der Waals surface area contributed by atoms with Crippen molar-refractivity contribution in [1.82, 2.24) is 0 Å². The minimum Gasteiger partial charge on any atom is -0.103 e. The topological polar surface area (TPSA) is 0 Å². The molecule has 0 heteroatoms. The van der Waals surface area contributed by atoms with Crippen LogP contribution in [0.2, 0.25) is 0 Å². The Bertz CT molecular complexity index is 2990. The van der Waals surface area contributed by atoms with Crippen LogP contribution in [-0.4, -0.2) is 0 Å². The van der Waals surface area contributed by atoms with Crippen molar-refractivity contribution in [2.75, 3.05) is 0 Å². The van der Waals surface area contributed by atoms with Crippen molar-refractivity contribution in [2.24, 2.45) is 0 Å². The predicted octanol–water partition coefficient (Wildman–Crippen LogP) is 16.9. The minimum absolute atomic E-state index is 0.961. The molecule has 1 aliphatic carbocycles. The molecule has 9 aromatic rings. The molecular formula is C58H48. The lowest BCUT2D eigenvalue weighted by molar-refractivity contribution is 0.986. The molecule has 0 N–H and O–H groups in total. The molecule has 0 heterocycles. The van der Waals surface area contributed by atoms with Crippen LogP contribution >= 0.6 is 0 Å². The van der Waals surface area contributed by atoms with E-state index >= 15 is 0 Å². The van der Waals surface area contributed by atoms with E-state index in [2.05, 4.69) is 190 Å².